The minimum absolute atomic E-state index is 0.349. The van der Waals surface area contributed by atoms with E-state index in [4.69, 9.17) is 17.3 Å². The smallest absolute Gasteiger partial charge is 0.0931 e. The van der Waals surface area contributed by atoms with Crippen LogP contribution in [0.3, 0.4) is 0 Å². The second kappa shape index (κ2) is 5.70. The molecular formula is C13H21ClN2S. The first-order chi connectivity index (χ1) is 8.11. The highest BCUT2D eigenvalue weighted by molar-refractivity contribution is 7.16. The summed E-state index contributed by atoms with van der Waals surface area (Å²) < 4.78 is 0.860. The van der Waals surface area contributed by atoms with Crippen LogP contribution in [0.15, 0.2) is 12.1 Å². The van der Waals surface area contributed by atoms with Gasteiger partial charge in [0.15, 0.2) is 0 Å². The van der Waals surface area contributed by atoms with Crippen LogP contribution < -0.4 is 5.73 Å². The molecule has 2 nitrogen and oxygen atoms in total. The molecular weight excluding hydrogens is 252 g/mol. The Morgan fingerprint density at radius 3 is 2.59 bits per heavy atom. The number of thiophene rings is 1. The average Bonchev–Trinajstić information content (AvgIpc) is 3.02. The van der Waals surface area contributed by atoms with Crippen LogP contribution in [0.4, 0.5) is 0 Å². The van der Waals surface area contributed by atoms with Crippen LogP contribution in [0.25, 0.3) is 0 Å². The standard InChI is InChI=1S/C13H21ClN2S/c1-9(2)8-16(10-3-4-10)11(7-15)12-5-6-13(14)17-12/h5-6,9-11H,3-4,7-8,15H2,1-2H3. The van der Waals surface area contributed by atoms with E-state index in [9.17, 15) is 0 Å². The summed E-state index contributed by atoms with van der Waals surface area (Å²) in [6.45, 7) is 6.34. The van der Waals surface area contributed by atoms with Crippen LogP contribution in [-0.2, 0) is 0 Å². The Kier molecular flexibility index (Phi) is 4.47. The maximum absolute atomic E-state index is 6.03. The van der Waals surface area contributed by atoms with Crippen molar-refractivity contribution in [2.24, 2.45) is 11.7 Å². The Morgan fingerprint density at radius 1 is 1.47 bits per heavy atom. The minimum atomic E-state index is 0.349. The van der Waals surface area contributed by atoms with E-state index in [0.717, 1.165) is 16.9 Å². The second-order valence-electron chi connectivity index (χ2n) is 5.22. The van der Waals surface area contributed by atoms with Crippen LogP contribution in [-0.4, -0.2) is 24.0 Å². The summed E-state index contributed by atoms with van der Waals surface area (Å²) in [6, 6.07) is 5.19. The first kappa shape index (κ1) is 13.3. The summed E-state index contributed by atoms with van der Waals surface area (Å²) in [7, 11) is 0. The number of nitrogens with zero attached hydrogens (tertiary/aromatic N) is 1. The predicted molar refractivity (Wildman–Crippen MR) is 75.7 cm³/mol. The normalized spacial score (nSPS) is 18.0. The van der Waals surface area contributed by atoms with Gasteiger partial charge in [-0.25, -0.2) is 0 Å². The van der Waals surface area contributed by atoms with Crippen LogP contribution in [0.2, 0.25) is 4.34 Å². The van der Waals surface area contributed by atoms with Crippen molar-refractivity contribution in [2.75, 3.05) is 13.1 Å². The molecule has 2 rings (SSSR count). The van der Waals surface area contributed by atoms with Gasteiger partial charge in [0.25, 0.3) is 0 Å². The maximum Gasteiger partial charge on any atom is 0.0931 e. The summed E-state index contributed by atoms with van der Waals surface area (Å²) in [5, 5.41) is 0. The Labute approximate surface area is 113 Å². The van der Waals surface area contributed by atoms with Crippen molar-refractivity contribution in [3.63, 3.8) is 0 Å². The summed E-state index contributed by atoms with van der Waals surface area (Å²) >= 11 is 7.69. The molecule has 1 heterocycles. The molecule has 17 heavy (non-hydrogen) atoms. The molecule has 96 valence electrons. The van der Waals surface area contributed by atoms with Gasteiger partial charge in [0.1, 0.15) is 0 Å². The van der Waals surface area contributed by atoms with Crippen LogP contribution in [0.1, 0.15) is 37.6 Å². The van der Waals surface area contributed by atoms with Crippen molar-refractivity contribution in [1.29, 1.82) is 0 Å². The van der Waals surface area contributed by atoms with Gasteiger partial charge in [-0.3, -0.25) is 4.90 Å². The first-order valence-corrected chi connectivity index (χ1v) is 7.52. The highest BCUT2D eigenvalue weighted by Crippen LogP contribution is 2.37. The van der Waals surface area contributed by atoms with Gasteiger partial charge in [-0.1, -0.05) is 25.4 Å². The van der Waals surface area contributed by atoms with Gasteiger partial charge < -0.3 is 5.73 Å². The third-order valence-electron chi connectivity index (χ3n) is 3.14. The molecule has 0 spiro atoms. The van der Waals surface area contributed by atoms with Crippen molar-refractivity contribution < 1.29 is 0 Å². The topological polar surface area (TPSA) is 29.3 Å². The Balaban J connectivity index is 2.13. The molecule has 0 aliphatic heterocycles. The van der Waals surface area contributed by atoms with E-state index in [0.29, 0.717) is 18.5 Å². The molecule has 1 fully saturated rings. The highest BCUT2D eigenvalue weighted by Gasteiger charge is 2.34. The lowest BCUT2D eigenvalue weighted by atomic mass is 10.1. The molecule has 1 aromatic heterocycles. The number of halogens is 1. The molecule has 0 bridgehead atoms. The monoisotopic (exact) mass is 272 g/mol. The van der Waals surface area contributed by atoms with E-state index in [1.54, 1.807) is 11.3 Å². The molecule has 1 unspecified atom stereocenters. The third kappa shape index (κ3) is 3.44. The van der Waals surface area contributed by atoms with Crippen molar-refractivity contribution in [3.05, 3.63) is 21.3 Å². The van der Waals surface area contributed by atoms with Crippen LogP contribution >= 0.6 is 22.9 Å². The number of hydrogen-bond acceptors (Lipinski definition) is 3. The molecule has 1 aliphatic carbocycles. The Bertz CT molecular complexity index is 360. The van der Waals surface area contributed by atoms with Gasteiger partial charge in [-0.15, -0.1) is 11.3 Å². The lowest BCUT2D eigenvalue weighted by molar-refractivity contribution is 0.172. The van der Waals surface area contributed by atoms with Crippen molar-refractivity contribution in [2.45, 2.75) is 38.8 Å². The van der Waals surface area contributed by atoms with Gasteiger partial charge in [0.05, 0.1) is 10.4 Å². The van der Waals surface area contributed by atoms with E-state index in [-0.39, 0.29) is 0 Å². The average molecular weight is 273 g/mol. The number of nitrogens with two attached hydrogens (primary N) is 1. The van der Waals surface area contributed by atoms with E-state index in [2.05, 4.69) is 24.8 Å². The lowest BCUT2D eigenvalue weighted by Gasteiger charge is -2.31. The molecule has 1 aromatic rings. The predicted octanol–water partition coefficient (Wildman–Crippen LogP) is 3.52. The zero-order chi connectivity index (χ0) is 12.4. The van der Waals surface area contributed by atoms with Gasteiger partial charge in [0, 0.05) is 24.0 Å². The van der Waals surface area contributed by atoms with E-state index < -0.39 is 0 Å². The molecule has 1 aliphatic rings. The zero-order valence-electron chi connectivity index (χ0n) is 10.5. The molecule has 1 atom stereocenters. The van der Waals surface area contributed by atoms with Crippen molar-refractivity contribution in [3.8, 4) is 0 Å². The van der Waals surface area contributed by atoms with Crippen molar-refractivity contribution in [1.82, 2.24) is 4.90 Å². The van der Waals surface area contributed by atoms with Crippen LogP contribution in [0, 0.1) is 5.92 Å². The largest absolute Gasteiger partial charge is 0.329 e. The number of hydrogen-bond donors (Lipinski definition) is 1. The first-order valence-electron chi connectivity index (χ1n) is 6.33. The van der Waals surface area contributed by atoms with E-state index >= 15 is 0 Å². The lowest BCUT2D eigenvalue weighted by Crippen LogP contribution is -2.37. The fourth-order valence-electron chi connectivity index (χ4n) is 2.28. The van der Waals surface area contributed by atoms with E-state index in [1.165, 1.54) is 17.7 Å². The summed E-state index contributed by atoms with van der Waals surface area (Å²) in [5.41, 5.74) is 5.98. The summed E-state index contributed by atoms with van der Waals surface area (Å²) in [4.78, 5) is 3.89. The fraction of sp³-hybridized carbons (Fsp3) is 0.692. The summed E-state index contributed by atoms with van der Waals surface area (Å²) in [6.07, 6.45) is 2.64. The van der Waals surface area contributed by atoms with Gasteiger partial charge in [-0.05, 0) is 30.9 Å². The molecule has 0 amide bonds. The number of rotatable bonds is 6. The van der Waals surface area contributed by atoms with Gasteiger partial charge in [-0.2, -0.15) is 0 Å². The molecule has 0 aromatic carbocycles. The zero-order valence-corrected chi connectivity index (χ0v) is 12.1. The SMILES string of the molecule is CC(C)CN(C1CC1)C(CN)c1ccc(Cl)s1. The quantitative estimate of drug-likeness (QED) is 0.859. The molecule has 1 saturated carbocycles. The summed E-state index contributed by atoms with van der Waals surface area (Å²) in [5.74, 6) is 0.681. The molecule has 0 saturated heterocycles. The Morgan fingerprint density at radius 2 is 2.18 bits per heavy atom. The Hall–Kier alpha value is -0.0900. The highest BCUT2D eigenvalue weighted by atomic mass is 35.5. The minimum Gasteiger partial charge on any atom is -0.329 e. The van der Waals surface area contributed by atoms with E-state index in [1.807, 2.05) is 6.07 Å². The fourth-order valence-corrected chi connectivity index (χ4v) is 3.48. The maximum atomic E-state index is 6.03. The van der Waals surface area contributed by atoms with Crippen molar-refractivity contribution >= 4 is 22.9 Å². The molecule has 0 radical (unpaired) electrons. The third-order valence-corrected chi connectivity index (χ3v) is 4.47. The second-order valence-corrected chi connectivity index (χ2v) is 6.96. The molecule has 4 heteroatoms. The van der Waals surface area contributed by atoms with Crippen LogP contribution in [0.5, 0.6) is 0 Å². The van der Waals surface area contributed by atoms with Gasteiger partial charge >= 0.3 is 0 Å². The van der Waals surface area contributed by atoms with Gasteiger partial charge in [0.2, 0.25) is 0 Å². The molecule has 2 N–H and O–H groups in total.